The SMILES string of the molecule is C=C(CC)C1C2CCC(O2)C1C(C)C. The summed E-state index contributed by atoms with van der Waals surface area (Å²) in [5.74, 6) is 2.12. The highest BCUT2D eigenvalue weighted by Gasteiger charge is 2.50. The van der Waals surface area contributed by atoms with Crippen molar-refractivity contribution in [3.63, 3.8) is 0 Å². The summed E-state index contributed by atoms with van der Waals surface area (Å²) in [7, 11) is 0. The van der Waals surface area contributed by atoms with Gasteiger partial charge in [0.15, 0.2) is 0 Å². The van der Waals surface area contributed by atoms with E-state index in [4.69, 9.17) is 4.74 Å². The zero-order valence-corrected chi connectivity index (χ0v) is 9.62. The fourth-order valence-corrected chi connectivity index (χ4v) is 3.33. The van der Waals surface area contributed by atoms with Crippen molar-refractivity contribution in [2.45, 2.75) is 52.2 Å². The molecule has 0 aromatic carbocycles. The molecule has 0 saturated carbocycles. The van der Waals surface area contributed by atoms with Crippen LogP contribution < -0.4 is 0 Å². The fourth-order valence-electron chi connectivity index (χ4n) is 3.33. The monoisotopic (exact) mass is 194 g/mol. The van der Waals surface area contributed by atoms with Crippen LogP contribution in [0.5, 0.6) is 0 Å². The molecule has 2 bridgehead atoms. The number of hydrogen-bond acceptors (Lipinski definition) is 1. The lowest BCUT2D eigenvalue weighted by atomic mass is 9.70. The molecule has 0 aromatic rings. The molecule has 0 aromatic heterocycles. The number of hydrogen-bond donors (Lipinski definition) is 0. The van der Waals surface area contributed by atoms with Gasteiger partial charge in [0.25, 0.3) is 0 Å². The summed E-state index contributed by atoms with van der Waals surface area (Å²) in [6.45, 7) is 11.1. The Labute approximate surface area is 87.5 Å². The molecule has 2 fully saturated rings. The Balaban J connectivity index is 2.17. The van der Waals surface area contributed by atoms with E-state index < -0.39 is 0 Å². The summed E-state index contributed by atoms with van der Waals surface area (Å²) in [4.78, 5) is 0. The van der Waals surface area contributed by atoms with Crippen LogP contribution in [0.25, 0.3) is 0 Å². The van der Waals surface area contributed by atoms with Gasteiger partial charge in [-0.2, -0.15) is 0 Å². The first-order valence-corrected chi connectivity index (χ1v) is 5.98. The first-order chi connectivity index (χ1) is 6.65. The van der Waals surface area contributed by atoms with Gasteiger partial charge in [0.1, 0.15) is 0 Å². The van der Waals surface area contributed by atoms with Crippen LogP contribution >= 0.6 is 0 Å². The quantitative estimate of drug-likeness (QED) is 0.626. The van der Waals surface area contributed by atoms with Crippen molar-refractivity contribution in [1.82, 2.24) is 0 Å². The van der Waals surface area contributed by atoms with Crippen molar-refractivity contribution in [2.24, 2.45) is 17.8 Å². The number of ether oxygens (including phenoxy) is 1. The van der Waals surface area contributed by atoms with Crippen molar-refractivity contribution in [1.29, 1.82) is 0 Å². The summed E-state index contributed by atoms with van der Waals surface area (Å²) in [5, 5.41) is 0. The topological polar surface area (TPSA) is 9.23 Å². The van der Waals surface area contributed by atoms with E-state index in [0.29, 0.717) is 18.1 Å². The molecule has 2 rings (SSSR count). The van der Waals surface area contributed by atoms with E-state index >= 15 is 0 Å². The zero-order valence-electron chi connectivity index (χ0n) is 9.62. The third kappa shape index (κ3) is 1.42. The minimum atomic E-state index is 0.500. The van der Waals surface area contributed by atoms with E-state index in [-0.39, 0.29) is 0 Å². The third-order valence-electron chi connectivity index (χ3n) is 4.03. The maximum Gasteiger partial charge on any atom is 0.0648 e. The number of fused-ring (bicyclic) bond motifs is 2. The minimum Gasteiger partial charge on any atom is -0.374 e. The smallest absolute Gasteiger partial charge is 0.0648 e. The molecule has 1 nitrogen and oxygen atoms in total. The van der Waals surface area contributed by atoms with Gasteiger partial charge in [-0.1, -0.05) is 32.9 Å². The molecule has 0 radical (unpaired) electrons. The van der Waals surface area contributed by atoms with Gasteiger partial charge < -0.3 is 4.74 Å². The van der Waals surface area contributed by atoms with Crippen LogP contribution in [-0.4, -0.2) is 12.2 Å². The Hall–Kier alpha value is -0.300. The molecule has 80 valence electrons. The Morgan fingerprint density at radius 1 is 1.36 bits per heavy atom. The van der Waals surface area contributed by atoms with Gasteiger partial charge in [-0.05, 0) is 31.1 Å². The lowest BCUT2D eigenvalue weighted by Crippen LogP contribution is -2.31. The molecule has 0 spiro atoms. The molecule has 1 heteroatoms. The largest absolute Gasteiger partial charge is 0.374 e. The third-order valence-corrected chi connectivity index (χ3v) is 4.03. The van der Waals surface area contributed by atoms with Crippen LogP contribution in [-0.2, 0) is 4.74 Å². The van der Waals surface area contributed by atoms with Gasteiger partial charge in [-0.3, -0.25) is 0 Å². The molecular weight excluding hydrogens is 172 g/mol. The second kappa shape index (κ2) is 3.69. The molecule has 2 heterocycles. The zero-order chi connectivity index (χ0) is 10.3. The maximum absolute atomic E-state index is 6.02. The van der Waals surface area contributed by atoms with Gasteiger partial charge in [-0.15, -0.1) is 0 Å². The molecule has 0 aliphatic carbocycles. The molecule has 0 N–H and O–H groups in total. The molecule has 0 amide bonds. The van der Waals surface area contributed by atoms with E-state index in [9.17, 15) is 0 Å². The standard InChI is InChI=1S/C13H22O/c1-5-9(4)13-11-7-6-10(14-11)12(13)8(2)3/h8,10-13H,4-7H2,1-3H3. The summed E-state index contributed by atoms with van der Waals surface area (Å²) in [6.07, 6.45) is 4.69. The summed E-state index contributed by atoms with van der Waals surface area (Å²) >= 11 is 0. The van der Waals surface area contributed by atoms with E-state index in [2.05, 4.69) is 27.4 Å². The average molecular weight is 194 g/mol. The highest BCUT2D eigenvalue weighted by molar-refractivity contribution is 5.13. The predicted molar refractivity (Wildman–Crippen MR) is 59.1 cm³/mol. The molecule has 4 unspecified atom stereocenters. The Morgan fingerprint density at radius 3 is 2.57 bits per heavy atom. The van der Waals surface area contributed by atoms with Crippen LogP contribution in [0.3, 0.4) is 0 Å². The lowest BCUT2D eigenvalue weighted by Gasteiger charge is -2.32. The predicted octanol–water partition coefficient (Wildman–Crippen LogP) is 3.40. The summed E-state index contributed by atoms with van der Waals surface area (Å²) in [5.41, 5.74) is 1.41. The van der Waals surface area contributed by atoms with Crippen molar-refractivity contribution >= 4 is 0 Å². The average Bonchev–Trinajstić information content (AvgIpc) is 2.74. The molecule has 4 atom stereocenters. The highest BCUT2D eigenvalue weighted by Crippen LogP contribution is 2.49. The van der Waals surface area contributed by atoms with Gasteiger partial charge in [0.05, 0.1) is 12.2 Å². The minimum absolute atomic E-state index is 0.500. The van der Waals surface area contributed by atoms with E-state index in [1.807, 2.05) is 0 Å². The maximum atomic E-state index is 6.02. The van der Waals surface area contributed by atoms with Crippen molar-refractivity contribution in [3.05, 3.63) is 12.2 Å². The summed E-state index contributed by atoms with van der Waals surface area (Å²) in [6, 6.07) is 0. The van der Waals surface area contributed by atoms with Gasteiger partial charge >= 0.3 is 0 Å². The molecule has 2 saturated heterocycles. The molecular formula is C13H22O. The van der Waals surface area contributed by atoms with E-state index in [0.717, 1.165) is 18.3 Å². The van der Waals surface area contributed by atoms with Crippen LogP contribution in [0.15, 0.2) is 12.2 Å². The van der Waals surface area contributed by atoms with Crippen molar-refractivity contribution in [2.75, 3.05) is 0 Å². The van der Waals surface area contributed by atoms with Crippen molar-refractivity contribution in [3.8, 4) is 0 Å². The normalized spacial score (nSPS) is 40.9. The van der Waals surface area contributed by atoms with Gasteiger partial charge in [0.2, 0.25) is 0 Å². The van der Waals surface area contributed by atoms with Crippen molar-refractivity contribution < 1.29 is 4.74 Å². The molecule has 2 aliphatic rings. The Kier molecular flexibility index (Phi) is 2.70. The number of rotatable bonds is 3. The summed E-state index contributed by atoms with van der Waals surface area (Å²) < 4.78 is 6.02. The van der Waals surface area contributed by atoms with E-state index in [1.54, 1.807) is 0 Å². The van der Waals surface area contributed by atoms with Crippen LogP contribution in [0.1, 0.15) is 40.0 Å². The van der Waals surface area contributed by atoms with Crippen LogP contribution in [0.2, 0.25) is 0 Å². The van der Waals surface area contributed by atoms with Crippen LogP contribution in [0.4, 0.5) is 0 Å². The first kappa shape index (κ1) is 10.2. The van der Waals surface area contributed by atoms with Gasteiger partial charge in [-0.25, -0.2) is 0 Å². The van der Waals surface area contributed by atoms with Gasteiger partial charge in [0, 0.05) is 5.92 Å². The fraction of sp³-hybridized carbons (Fsp3) is 0.846. The Morgan fingerprint density at radius 2 is 2.00 bits per heavy atom. The highest BCUT2D eigenvalue weighted by atomic mass is 16.5. The second-order valence-electron chi connectivity index (χ2n) is 5.15. The van der Waals surface area contributed by atoms with E-state index in [1.165, 1.54) is 18.4 Å². The Bertz CT molecular complexity index is 231. The first-order valence-electron chi connectivity index (χ1n) is 5.98. The second-order valence-corrected chi connectivity index (χ2v) is 5.15. The molecule has 2 aliphatic heterocycles. The molecule has 14 heavy (non-hydrogen) atoms. The lowest BCUT2D eigenvalue weighted by molar-refractivity contribution is 0.0836. The van der Waals surface area contributed by atoms with Crippen LogP contribution in [0, 0.1) is 17.8 Å².